The largest absolute Gasteiger partial charge is 0.462 e. The van der Waals surface area contributed by atoms with Gasteiger partial charge in [-0.25, -0.2) is 9.86 Å². The molecule has 8 heteroatoms. The third kappa shape index (κ3) is 5.74. The van der Waals surface area contributed by atoms with Crippen LogP contribution in [0, 0.1) is 0 Å². The van der Waals surface area contributed by atoms with E-state index in [9.17, 15) is 19.2 Å². The number of carbonyl (C=O) groups excluding carboxylic acids is 3. The van der Waals surface area contributed by atoms with E-state index in [1.165, 1.54) is 23.4 Å². The Bertz CT molecular complexity index is 958. The Labute approximate surface area is 169 Å². The van der Waals surface area contributed by atoms with Crippen LogP contribution >= 0.6 is 0 Å². The van der Waals surface area contributed by atoms with Gasteiger partial charge in [-0.3, -0.25) is 19.2 Å². The molecular formula is C21H26N2O6. The summed E-state index contributed by atoms with van der Waals surface area (Å²) in [6, 6.07) is 4.66. The number of nitrogens with zero attached hydrogens (tertiary/aromatic N) is 2. The fourth-order valence-corrected chi connectivity index (χ4v) is 2.89. The van der Waals surface area contributed by atoms with Crippen LogP contribution in [0.5, 0.6) is 0 Å². The maximum Gasteiger partial charge on any atom is 0.343 e. The molecule has 29 heavy (non-hydrogen) atoms. The summed E-state index contributed by atoms with van der Waals surface area (Å²) in [5, 5.41) is 1.53. The van der Waals surface area contributed by atoms with Crippen molar-refractivity contribution in [2.24, 2.45) is 0 Å². The van der Waals surface area contributed by atoms with Gasteiger partial charge in [-0.1, -0.05) is 6.07 Å². The second-order valence-corrected chi connectivity index (χ2v) is 7.48. The number of carbonyl (C=O) groups is 3. The lowest BCUT2D eigenvalue weighted by molar-refractivity contribution is -0.216. The summed E-state index contributed by atoms with van der Waals surface area (Å²) < 4.78 is 6.71. The molecular weight excluding hydrogens is 376 g/mol. The first kappa shape index (κ1) is 22.3. The van der Waals surface area contributed by atoms with Crippen LogP contribution in [0.25, 0.3) is 10.9 Å². The number of rotatable bonds is 9. The third-order valence-corrected chi connectivity index (χ3v) is 4.02. The predicted molar refractivity (Wildman–Crippen MR) is 108 cm³/mol. The first-order chi connectivity index (χ1) is 13.7. The number of pyridine rings is 1. The van der Waals surface area contributed by atoms with Crippen LogP contribution in [-0.2, 0) is 20.9 Å². The number of aryl methyl sites for hydroxylation is 1. The van der Waals surface area contributed by atoms with Gasteiger partial charge >= 0.3 is 5.97 Å². The van der Waals surface area contributed by atoms with E-state index in [-0.39, 0.29) is 12.2 Å². The Morgan fingerprint density at radius 2 is 1.97 bits per heavy atom. The molecule has 0 aliphatic rings. The van der Waals surface area contributed by atoms with Gasteiger partial charge < -0.3 is 9.30 Å². The molecule has 0 spiro atoms. The molecule has 1 aromatic heterocycles. The molecule has 2 aromatic rings. The topological polar surface area (TPSA) is 94.9 Å². The van der Waals surface area contributed by atoms with E-state index in [4.69, 9.17) is 9.57 Å². The Morgan fingerprint density at radius 1 is 1.24 bits per heavy atom. The van der Waals surface area contributed by atoms with Gasteiger partial charge in [-0.05, 0) is 46.2 Å². The Kier molecular flexibility index (Phi) is 7.28. The standard InChI is InChI=1S/C21H26N2O6/c1-5-28-20(27)17-12-22(9-6-10-23(14-25)29-21(2,3)4)18-11-15(13-24)7-8-16(18)19(17)26/h7-8,11-14H,5-6,9-10H2,1-4H3. The maximum atomic E-state index is 12.7. The van der Waals surface area contributed by atoms with Gasteiger partial charge in [-0.2, -0.15) is 0 Å². The lowest BCUT2D eigenvalue weighted by Gasteiger charge is -2.26. The molecule has 0 atom stereocenters. The number of benzene rings is 1. The van der Waals surface area contributed by atoms with Gasteiger partial charge in [0.05, 0.1) is 24.3 Å². The van der Waals surface area contributed by atoms with Gasteiger partial charge in [-0.15, -0.1) is 0 Å². The average Bonchev–Trinajstić information content (AvgIpc) is 2.67. The van der Waals surface area contributed by atoms with E-state index < -0.39 is 17.0 Å². The minimum atomic E-state index is -0.696. The van der Waals surface area contributed by atoms with Crippen LogP contribution in [0.2, 0.25) is 0 Å². The van der Waals surface area contributed by atoms with E-state index in [1.807, 2.05) is 20.8 Å². The average molecular weight is 402 g/mol. The molecule has 0 saturated carbocycles. The molecule has 0 aliphatic heterocycles. The number of aromatic nitrogens is 1. The Balaban J connectivity index is 2.38. The van der Waals surface area contributed by atoms with Crippen LogP contribution in [0.3, 0.4) is 0 Å². The molecule has 0 bridgehead atoms. The number of hydrogen-bond acceptors (Lipinski definition) is 6. The van der Waals surface area contributed by atoms with Crippen molar-refractivity contribution in [3.8, 4) is 0 Å². The molecule has 0 fully saturated rings. The minimum Gasteiger partial charge on any atom is -0.462 e. The van der Waals surface area contributed by atoms with Crippen LogP contribution in [-0.4, -0.2) is 47.0 Å². The predicted octanol–water partition coefficient (Wildman–Crippen LogP) is 2.57. The number of ether oxygens (including phenoxy) is 1. The van der Waals surface area contributed by atoms with Crippen molar-refractivity contribution in [3.05, 3.63) is 45.7 Å². The first-order valence-electron chi connectivity index (χ1n) is 9.40. The second-order valence-electron chi connectivity index (χ2n) is 7.48. The van der Waals surface area contributed by atoms with E-state index in [2.05, 4.69) is 0 Å². The van der Waals surface area contributed by atoms with Crippen molar-refractivity contribution in [2.75, 3.05) is 13.2 Å². The van der Waals surface area contributed by atoms with Crippen LogP contribution in [0.4, 0.5) is 0 Å². The van der Waals surface area contributed by atoms with Gasteiger partial charge in [0.1, 0.15) is 11.8 Å². The Hall–Kier alpha value is -3.00. The third-order valence-electron chi connectivity index (χ3n) is 4.02. The summed E-state index contributed by atoms with van der Waals surface area (Å²) in [5.74, 6) is -0.696. The van der Waals surface area contributed by atoms with Crippen molar-refractivity contribution in [3.63, 3.8) is 0 Å². The number of fused-ring (bicyclic) bond motifs is 1. The van der Waals surface area contributed by atoms with Crippen LogP contribution < -0.4 is 5.43 Å². The fourth-order valence-electron chi connectivity index (χ4n) is 2.89. The normalized spacial score (nSPS) is 11.3. The van der Waals surface area contributed by atoms with Gasteiger partial charge in [0.15, 0.2) is 0 Å². The maximum absolute atomic E-state index is 12.7. The summed E-state index contributed by atoms with van der Waals surface area (Å²) >= 11 is 0. The molecule has 156 valence electrons. The zero-order chi connectivity index (χ0) is 21.6. The Morgan fingerprint density at radius 3 is 2.55 bits per heavy atom. The highest BCUT2D eigenvalue weighted by Gasteiger charge is 2.18. The van der Waals surface area contributed by atoms with Crippen molar-refractivity contribution in [2.45, 2.75) is 46.3 Å². The molecule has 0 radical (unpaired) electrons. The highest BCUT2D eigenvalue weighted by Crippen LogP contribution is 2.16. The zero-order valence-electron chi connectivity index (χ0n) is 17.1. The number of aldehydes is 1. The molecule has 1 heterocycles. The van der Waals surface area contributed by atoms with Crippen molar-refractivity contribution < 1.29 is 24.0 Å². The van der Waals surface area contributed by atoms with Gasteiger partial charge in [0.2, 0.25) is 11.8 Å². The van der Waals surface area contributed by atoms with Crippen LogP contribution in [0.15, 0.2) is 29.2 Å². The quantitative estimate of drug-likeness (QED) is 0.363. The summed E-state index contributed by atoms with van der Waals surface area (Å²) in [6.45, 7) is 8.04. The highest BCUT2D eigenvalue weighted by atomic mass is 16.7. The van der Waals surface area contributed by atoms with Gasteiger partial charge in [0, 0.05) is 23.7 Å². The molecule has 1 aromatic carbocycles. The van der Waals surface area contributed by atoms with E-state index in [0.29, 0.717) is 48.7 Å². The summed E-state index contributed by atoms with van der Waals surface area (Å²) in [6.07, 6.45) is 3.25. The molecule has 0 unspecified atom stereocenters. The minimum absolute atomic E-state index is 0.0728. The van der Waals surface area contributed by atoms with E-state index >= 15 is 0 Å². The molecule has 0 N–H and O–H groups in total. The van der Waals surface area contributed by atoms with Crippen molar-refractivity contribution in [1.82, 2.24) is 9.63 Å². The number of esters is 1. The highest BCUT2D eigenvalue weighted by molar-refractivity contribution is 5.95. The molecule has 0 saturated heterocycles. The summed E-state index contributed by atoms with van der Waals surface area (Å²) in [4.78, 5) is 52.8. The second kappa shape index (κ2) is 9.47. The van der Waals surface area contributed by atoms with Gasteiger partial charge in [0.25, 0.3) is 0 Å². The summed E-state index contributed by atoms with van der Waals surface area (Å²) in [5.41, 5.74) is -0.0859. The first-order valence-corrected chi connectivity index (χ1v) is 9.40. The molecule has 8 nitrogen and oxygen atoms in total. The molecule has 0 aliphatic carbocycles. The SMILES string of the molecule is CCOC(=O)c1cn(CCCN(C=O)OC(C)(C)C)c2cc(C=O)ccc2c1=O. The molecule has 1 amide bonds. The lowest BCUT2D eigenvalue weighted by atomic mass is 10.1. The molecule has 2 rings (SSSR count). The number of hydroxylamine groups is 2. The number of amides is 1. The van der Waals surface area contributed by atoms with Crippen molar-refractivity contribution >= 4 is 29.6 Å². The van der Waals surface area contributed by atoms with Crippen LogP contribution in [0.1, 0.15) is 54.8 Å². The fraction of sp³-hybridized carbons (Fsp3) is 0.429. The zero-order valence-corrected chi connectivity index (χ0v) is 17.1. The van der Waals surface area contributed by atoms with Crippen molar-refractivity contribution in [1.29, 1.82) is 0 Å². The lowest BCUT2D eigenvalue weighted by Crippen LogP contribution is -2.34. The number of hydrogen-bond donors (Lipinski definition) is 0. The summed E-state index contributed by atoms with van der Waals surface area (Å²) in [7, 11) is 0. The van der Waals surface area contributed by atoms with E-state index in [1.54, 1.807) is 17.6 Å². The van der Waals surface area contributed by atoms with E-state index in [0.717, 1.165) is 0 Å². The smallest absolute Gasteiger partial charge is 0.343 e. The monoisotopic (exact) mass is 402 g/mol.